The first-order valence-corrected chi connectivity index (χ1v) is 15.7. The van der Waals surface area contributed by atoms with Crippen molar-refractivity contribution in [2.24, 2.45) is 0 Å². The lowest BCUT2D eigenvalue weighted by molar-refractivity contribution is -0.139. The van der Waals surface area contributed by atoms with Gasteiger partial charge in [0.25, 0.3) is 10.0 Å². The van der Waals surface area contributed by atoms with Crippen LogP contribution in [0.3, 0.4) is 0 Å². The summed E-state index contributed by atoms with van der Waals surface area (Å²) >= 11 is 19.0. The molecule has 0 radical (unpaired) electrons. The molecule has 0 saturated heterocycles. The largest absolute Gasteiger partial charge is 0.352 e. The highest BCUT2D eigenvalue weighted by Gasteiger charge is 2.34. The molecule has 0 aliphatic heterocycles. The lowest BCUT2D eigenvalue weighted by Crippen LogP contribution is -2.52. The molecule has 0 aromatic heterocycles. The van der Waals surface area contributed by atoms with Gasteiger partial charge in [0.05, 0.1) is 10.6 Å². The minimum absolute atomic E-state index is 0.0218. The second-order valence-electron chi connectivity index (χ2n) is 9.97. The molecule has 0 heterocycles. The van der Waals surface area contributed by atoms with Crippen molar-refractivity contribution in [3.05, 3.63) is 92.4 Å². The lowest BCUT2D eigenvalue weighted by Gasteiger charge is -2.33. The van der Waals surface area contributed by atoms with Crippen LogP contribution in [0.15, 0.2) is 65.6 Å². The van der Waals surface area contributed by atoms with Crippen molar-refractivity contribution in [2.75, 3.05) is 10.8 Å². The number of rotatable bonds is 11. The van der Waals surface area contributed by atoms with Gasteiger partial charge in [-0.2, -0.15) is 0 Å². The van der Waals surface area contributed by atoms with Gasteiger partial charge in [0.2, 0.25) is 11.8 Å². The van der Waals surface area contributed by atoms with Crippen molar-refractivity contribution in [1.82, 2.24) is 10.2 Å². The van der Waals surface area contributed by atoms with Crippen molar-refractivity contribution in [2.45, 2.75) is 64.6 Å². The number of carbonyl (C=O) groups is 2. The molecular weight excluding hydrogens is 605 g/mol. The maximum Gasteiger partial charge on any atom is 0.264 e. The van der Waals surface area contributed by atoms with Crippen LogP contribution in [0.2, 0.25) is 15.1 Å². The van der Waals surface area contributed by atoms with Crippen molar-refractivity contribution >= 4 is 62.3 Å². The third kappa shape index (κ3) is 7.95. The van der Waals surface area contributed by atoms with Crippen LogP contribution in [0.25, 0.3) is 0 Å². The Morgan fingerprint density at radius 2 is 1.54 bits per heavy atom. The molecule has 7 nitrogen and oxygen atoms in total. The second-order valence-corrected chi connectivity index (χ2v) is 13.1. The number of carbonyl (C=O) groups excluding carboxylic acids is 2. The predicted molar refractivity (Wildman–Crippen MR) is 166 cm³/mol. The second kappa shape index (κ2) is 13.9. The molecule has 11 heteroatoms. The van der Waals surface area contributed by atoms with E-state index < -0.39 is 28.5 Å². The molecule has 2 amide bonds. The van der Waals surface area contributed by atoms with Gasteiger partial charge in [0.15, 0.2) is 0 Å². The van der Waals surface area contributed by atoms with E-state index in [2.05, 4.69) is 5.32 Å². The van der Waals surface area contributed by atoms with Crippen LogP contribution in [0.4, 0.5) is 5.69 Å². The number of benzene rings is 3. The van der Waals surface area contributed by atoms with E-state index in [1.807, 2.05) is 20.8 Å². The van der Waals surface area contributed by atoms with E-state index in [1.165, 1.54) is 17.0 Å². The normalized spacial score (nSPS) is 12.9. The molecule has 0 saturated carbocycles. The van der Waals surface area contributed by atoms with Gasteiger partial charge < -0.3 is 10.2 Å². The quantitative estimate of drug-likeness (QED) is 0.251. The van der Waals surface area contributed by atoms with Crippen LogP contribution in [-0.4, -0.2) is 43.8 Å². The number of sulfonamides is 1. The molecule has 41 heavy (non-hydrogen) atoms. The van der Waals surface area contributed by atoms with Crippen LogP contribution in [0, 0.1) is 13.8 Å². The molecule has 0 unspecified atom stereocenters. The summed E-state index contributed by atoms with van der Waals surface area (Å²) in [5.74, 6) is -0.996. The molecule has 0 bridgehead atoms. The van der Waals surface area contributed by atoms with E-state index >= 15 is 0 Å². The molecule has 220 valence electrons. The molecule has 0 fully saturated rings. The molecular formula is C30H34Cl3N3O4S. The Hall–Kier alpha value is -2.78. The monoisotopic (exact) mass is 637 g/mol. The summed E-state index contributed by atoms with van der Waals surface area (Å²) < 4.78 is 29.0. The standard InChI is InChI=1S/C30H34Cl3N3O4S/c1-6-21(4)34-30(38)22(5)35(17-25-26(32)8-7-9-27(25)33)29(37)18-36(28-15-12-23(31)16-20(28)3)41(39,40)24-13-10-19(2)11-14-24/h7-16,21-22H,6,17-18H2,1-5H3,(H,34,38)/t21-,22-/m0/s1. The van der Waals surface area contributed by atoms with Crippen molar-refractivity contribution < 1.29 is 18.0 Å². The maximum atomic E-state index is 14.1. The minimum Gasteiger partial charge on any atom is -0.352 e. The summed E-state index contributed by atoms with van der Waals surface area (Å²) in [6.07, 6.45) is 0.696. The molecule has 3 rings (SSSR count). The maximum absolute atomic E-state index is 14.1. The Bertz CT molecular complexity index is 1490. The highest BCUT2D eigenvalue weighted by Crippen LogP contribution is 2.31. The number of halogens is 3. The van der Waals surface area contributed by atoms with E-state index in [0.717, 1.165) is 9.87 Å². The fourth-order valence-electron chi connectivity index (χ4n) is 4.15. The van der Waals surface area contributed by atoms with Crippen molar-refractivity contribution in [3.8, 4) is 0 Å². The number of hydrogen-bond donors (Lipinski definition) is 1. The van der Waals surface area contributed by atoms with Gasteiger partial charge in [-0.1, -0.05) is 65.5 Å². The molecule has 3 aromatic carbocycles. The van der Waals surface area contributed by atoms with Gasteiger partial charge in [0.1, 0.15) is 12.6 Å². The van der Waals surface area contributed by atoms with E-state index in [1.54, 1.807) is 62.4 Å². The summed E-state index contributed by atoms with van der Waals surface area (Å²) in [6.45, 7) is 8.27. The molecule has 0 aliphatic rings. The zero-order chi connectivity index (χ0) is 30.5. The Balaban J connectivity index is 2.10. The van der Waals surface area contributed by atoms with Crippen LogP contribution < -0.4 is 9.62 Å². The molecule has 0 aliphatic carbocycles. The fourth-order valence-corrected chi connectivity index (χ4v) is 6.37. The first kappa shape index (κ1) is 32.7. The van der Waals surface area contributed by atoms with Crippen LogP contribution in [0.5, 0.6) is 0 Å². The third-order valence-electron chi connectivity index (χ3n) is 6.87. The Morgan fingerprint density at radius 3 is 2.10 bits per heavy atom. The van der Waals surface area contributed by atoms with Gasteiger partial charge in [-0.15, -0.1) is 0 Å². The summed E-state index contributed by atoms with van der Waals surface area (Å²) in [4.78, 5) is 28.6. The van der Waals surface area contributed by atoms with Gasteiger partial charge in [-0.05, 0) is 82.1 Å². The zero-order valence-electron chi connectivity index (χ0n) is 23.6. The van der Waals surface area contributed by atoms with E-state index in [4.69, 9.17) is 34.8 Å². The number of aryl methyl sites for hydroxylation is 2. The first-order chi connectivity index (χ1) is 19.3. The predicted octanol–water partition coefficient (Wildman–Crippen LogP) is 6.79. The summed E-state index contributed by atoms with van der Waals surface area (Å²) in [6, 6.07) is 15.0. The number of nitrogens with one attached hydrogen (secondary N) is 1. The SMILES string of the molecule is CC[C@H](C)NC(=O)[C@H](C)N(Cc1c(Cl)cccc1Cl)C(=O)CN(c1ccc(Cl)cc1C)S(=O)(=O)c1ccc(C)cc1. The van der Waals surface area contributed by atoms with Gasteiger partial charge in [-0.25, -0.2) is 8.42 Å². The zero-order valence-corrected chi connectivity index (χ0v) is 26.7. The Morgan fingerprint density at radius 1 is 0.927 bits per heavy atom. The topological polar surface area (TPSA) is 86.8 Å². The summed E-state index contributed by atoms with van der Waals surface area (Å²) in [5, 5.41) is 3.97. The third-order valence-corrected chi connectivity index (χ3v) is 9.59. The fraction of sp³-hybridized carbons (Fsp3) is 0.333. The number of amides is 2. The van der Waals surface area contributed by atoms with Crippen molar-refractivity contribution in [3.63, 3.8) is 0 Å². The summed E-state index contributed by atoms with van der Waals surface area (Å²) in [7, 11) is -4.20. The van der Waals surface area contributed by atoms with Crippen LogP contribution >= 0.6 is 34.8 Å². The average molecular weight is 639 g/mol. The number of nitrogens with zero attached hydrogens (tertiary/aromatic N) is 2. The Kier molecular flexibility index (Phi) is 11.1. The first-order valence-electron chi connectivity index (χ1n) is 13.1. The van der Waals surface area contributed by atoms with E-state index in [0.29, 0.717) is 32.6 Å². The average Bonchev–Trinajstić information content (AvgIpc) is 2.91. The minimum atomic E-state index is -4.20. The van der Waals surface area contributed by atoms with E-state index in [9.17, 15) is 18.0 Å². The smallest absolute Gasteiger partial charge is 0.264 e. The van der Waals surface area contributed by atoms with Gasteiger partial charge in [0, 0.05) is 33.2 Å². The Labute approximate surface area is 257 Å². The van der Waals surface area contributed by atoms with Gasteiger partial charge >= 0.3 is 0 Å². The molecule has 0 spiro atoms. The number of anilines is 1. The van der Waals surface area contributed by atoms with E-state index in [-0.39, 0.29) is 29.1 Å². The highest BCUT2D eigenvalue weighted by atomic mass is 35.5. The highest BCUT2D eigenvalue weighted by molar-refractivity contribution is 7.92. The molecule has 2 atom stereocenters. The summed E-state index contributed by atoms with van der Waals surface area (Å²) in [5.41, 5.74) is 2.18. The van der Waals surface area contributed by atoms with Crippen molar-refractivity contribution in [1.29, 1.82) is 0 Å². The van der Waals surface area contributed by atoms with Crippen LogP contribution in [-0.2, 0) is 26.2 Å². The van der Waals surface area contributed by atoms with Crippen LogP contribution in [0.1, 0.15) is 43.9 Å². The molecule has 3 aromatic rings. The molecule has 1 N–H and O–H groups in total. The van der Waals surface area contributed by atoms with Gasteiger partial charge in [-0.3, -0.25) is 13.9 Å². The number of hydrogen-bond acceptors (Lipinski definition) is 4. The lowest BCUT2D eigenvalue weighted by atomic mass is 10.1.